The number of nitrogens with one attached hydrogen (secondary N) is 1. The molecule has 0 radical (unpaired) electrons. The molecule has 0 aromatic heterocycles. The first kappa shape index (κ1) is 14.8. The number of ether oxygens (including phenoxy) is 1. The van der Waals surface area contributed by atoms with Crippen molar-refractivity contribution in [2.75, 3.05) is 26.2 Å². The lowest BCUT2D eigenvalue weighted by Gasteiger charge is -2.35. The highest BCUT2D eigenvalue weighted by molar-refractivity contribution is 5.17. The fourth-order valence-corrected chi connectivity index (χ4v) is 3.12. The Labute approximate surface area is 117 Å². The summed E-state index contributed by atoms with van der Waals surface area (Å²) in [7, 11) is 0. The van der Waals surface area contributed by atoms with Crippen molar-refractivity contribution >= 4 is 0 Å². The minimum atomic E-state index is -0.363. The Kier molecular flexibility index (Phi) is 4.83. The summed E-state index contributed by atoms with van der Waals surface area (Å²) in [5, 5.41) is 13.3. The van der Waals surface area contributed by atoms with Crippen LogP contribution >= 0.6 is 0 Å². The maximum atomic E-state index is 9.73. The number of rotatable bonds is 5. The zero-order chi connectivity index (χ0) is 13.9. The van der Waals surface area contributed by atoms with E-state index >= 15 is 0 Å². The van der Waals surface area contributed by atoms with Gasteiger partial charge in [-0.3, -0.25) is 10.2 Å². The molecule has 1 heterocycles. The maximum absolute atomic E-state index is 9.73. The largest absolute Gasteiger partial charge is 0.377 e. The van der Waals surface area contributed by atoms with Crippen molar-refractivity contribution in [1.82, 2.24) is 10.2 Å². The zero-order valence-corrected chi connectivity index (χ0v) is 12.5. The van der Waals surface area contributed by atoms with Crippen LogP contribution in [0.5, 0.6) is 0 Å². The van der Waals surface area contributed by atoms with Gasteiger partial charge in [0.1, 0.15) is 5.54 Å². The summed E-state index contributed by atoms with van der Waals surface area (Å²) in [6.07, 6.45) is 3.72. The van der Waals surface area contributed by atoms with Crippen LogP contribution in [-0.4, -0.2) is 48.8 Å². The highest BCUT2D eigenvalue weighted by Gasteiger charge is 2.47. The fraction of sp³-hybridized carbons (Fsp3) is 0.933. The summed E-state index contributed by atoms with van der Waals surface area (Å²) in [4.78, 5) is 2.41. The van der Waals surface area contributed by atoms with Crippen molar-refractivity contribution in [3.8, 4) is 6.07 Å². The van der Waals surface area contributed by atoms with Crippen LogP contribution in [0.2, 0.25) is 0 Å². The Morgan fingerprint density at radius 3 is 2.79 bits per heavy atom. The third-order valence-corrected chi connectivity index (χ3v) is 4.03. The van der Waals surface area contributed by atoms with Crippen molar-refractivity contribution < 1.29 is 4.74 Å². The van der Waals surface area contributed by atoms with Gasteiger partial charge in [-0.2, -0.15) is 5.26 Å². The molecule has 2 rings (SSSR count). The Hall–Kier alpha value is -0.630. The first-order valence-electron chi connectivity index (χ1n) is 7.58. The number of hydrogen-bond acceptors (Lipinski definition) is 4. The van der Waals surface area contributed by atoms with E-state index in [1.165, 1.54) is 12.8 Å². The molecule has 2 fully saturated rings. The summed E-state index contributed by atoms with van der Waals surface area (Å²) in [6.45, 7) is 10.0. The summed E-state index contributed by atoms with van der Waals surface area (Å²) >= 11 is 0. The second-order valence-electron chi connectivity index (χ2n) is 6.43. The molecule has 1 aliphatic heterocycles. The van der Waals surface area contributed by atoms with Crippen LogP contribution in [0.3, 0.4) is 0 Å². The summed E-state index contributed by atoms with van der Waals surface area (Å²) < 4.78 is 5.69. The second kappa shape index (κ2) is 6.21. The lowest BCUT2D eigenvalue weighted by Crippen LogP contribution is -2.57. The van der Waals surface area contributed by atoms with E-state index in [1.54, 1.807) is 0 Å². The molecule has 1 saturated heterocycles. The predicted octanol–water partition coefficient (Wildman–Crippen LogP) is 1.77. The van der Waals surface area contributed by atoms with E-state index in [0.717, 1.165) is 32.7 Å². The van der Waals surface area contributed by atoms with E-state index in [2.05, 4.69) is 37.1 Å². The van der Waals surface area contributed by atoms with Gasteiger partial charge < -0.3 is 4.74 Å². The maximum Gasteiger partial charge on any atom is 0.122 e. The average molecular weight is 265 g/mol. The zero-order valence-electron chi connectivity index (χ0n) is 12.5. The molecule has 4 nitrogen and oxygen atoms in total. The Morgan fingerprint density at radius 1 is 1.47 bits per heavy atom. The van der Waals surface area contributed by atoms with Gasteiger partial charge in [0.05, 0.1) is 12.2 Å². The van der Waals surface area contributed by atoms with Crippen molar-refractivity contribution in [3.63, 3.8) is 0 Å². The van der Waals surface area contributed by atoms with E-state index in [4.69, 9.17) is 4.74 Å². The molecule has 0 spiro atoms. The second-order valence-corrected chi connectivity index (χ2v) is 6.43. The van der Waals surface area contributed by atoms with Gasteiger partial charge in [-0.1, -0.05) is 0 Å². The van der Waals surface area contributed by atoms with Crippen LogP contribution < -0.4 is 5.32 Å². The first-order valence-corrected chi connectivity index (χ1v) is 7.58. The van der Waals surface area contributed by atoms with Crippen molar-refractivity contribution in [3.05, 3.63) is 0 Å². The molecule has 1 aliphatic carbocycles. The molecular formula is C15H27N3O. The lowest BCUT2D eigenvalue weighted by atomic mass is 9.92. The SMILES string of the molecule is CC(C)NC(C#N)(CN1CCCOC(C)C1)C1CC1. The topological polar surface area (TPSA) is 48.3 Å². The van der Waals surface area contributed by atoms with Gasteiger partial charge in [-0.05, 0) is 46.0 Å². The summed E-state index contributed by atoms with van der Waals surface area (Å²) in [6, 6.07) is 2.95. The van der Waals surface area contributed by atoms with Crippen molar-refractivity contribution in [1.29, 1.82) is 5.26 Å². The van der Waals surface area contributed by atoms with E-state index in [1.807, 2.05) is 0 Å². The van der Waals surface area contributed by atoms with Gasteiger partial charge >= 0.3 is 0 Å². The lowest BCUT2D eigenvalue weighted by molar-refractivity contribution is 0.0635. The van der Waals surface area contributed by atoms with E-state index < -0.39 is 0 Å². The summed E-state index contributed by atoms with van der Waals surface area (Å²) in [5.41, 5.74) is -0.363. The van der Waals surface area contributed by atoms with Crippen LogP contribution in [0.4, 0.5) is 0 Å². The van der Waals surface area contributed by atoms with Crippen LogP contribution in [-0.2, 0) is 4.74 Å². The minimum Gasteiger partial charge on any atom is -0.377 e. The van der Waals surface area contributed by atoms with Crippen molar-refractivity contribution in [2.45, 2.75) is 57.7 Å². The first-order chi connectivity index (χ1) is 9.05. The standard InChI is InChI=1S/C15H27N3O/c1-12(2)17-15(10-16,14-5-6-14)11-18-7-4-8-19-13(3)9-18/h12-14,17H,4-9,11H2,1-3H3. The van der Waals surface area contributed by atoms with E-state index in [-0.39, 0.29) is 11.6 Å². The molecule has 0 amide bonds. The molecule has 2 unspecified atom stereocenters. The van der Waals surface area contributed by atoms with Crippen LogP contribution in [0.1, 0.15) is 40.0 Å². The van der Waals surface area contributed by atoms with Gasteiger partial charge in [0.2, 0.25) is 0 Å². The van der Waals surface area contributed by atoms with Gasteiger partial charge in [0, 0.05) is 32.3 Å². The number of hydrogen-bond donors (Lipinski definition) is 1. The van der Waals surface area contributed by atoms with Crippen LogP contribution in [0.25, 0.3) is 0 Å². The van der Waals surface area contributed by atoms with E-state index in [9.17, 15) is 5.26 Å². The normalized spacial score (nSPS) is 28.7. The molecule has 0 bridgehead atoms. The Bertz CT molecular complexity index is 335. The highest BCUT2D eigenvalue weighted by atomic mass is 16.5. The molecule has 19 heavy (non-hydrogen) atoms. The smallest absolute Gasteiger partial charge is 0.122 e. The number of nitriles is 1. The molecule has 2 atom stereocenters. The fourth-order valence-electron chi connectivity index (χ4n) is 3.12. The van der Waals surface area contributed by atoms with E-state index in [0.29, 0.717) is 12.0 Å². The molecule has 0 aromatic carbocycles. The van der Waals surface area contributed by atoms with Gasteiger partial charge in [0.15, 0.2) is 0 Å². The average Bonchev–Trinajstić information content (AvgIpc) is 3.15. The third kappa shape index (κ3) is 3.92. The third-order valence-electron chi connectivity index (χ3n) is 4.03. The van der Waals surface area contributed by atoms with Gasteiger partial charge in [0.25, 0.3) is 0 Å². The molecule has 4 heteroatoms. The highest BCUT2D eigenvalue weighted by Crippen LogP contribution is 2.40. The number of nitrogens with zero attached hydrogens (tertiary/aromatic N) is 2. The minimum absolute atomic E-state index is 0.275. The Morgan fingerprint density at radius 2 is 2.21 bits per heavy atom. The Balaban J connectivity index is 2.04. The quantitative estimate of drug-likeness (QED) is 0.823. The van der Waals surface area contributed by atoms with Crippen LogP contribution in [0.15, 0.2) is 0 Å². The molecule has 108 valence electrons. The predicted molar refractivity (Wildman–Crippen MR) is 75.8 cm³/mol. The van der Waals surface area contributed by atoms with Gasteiger partial charge in [-0.25, -0.2) is 0 Å². The molecule has 1 N–H and O–H groups in total. The monoisotopic (exact) mass is 265 g/mol. The van der Waals surface area contributed by atoms with Gasteiger partial charge in [-0.15, -0.1) is 0 Å². The van der Waals surface area contributed by atoms with Crippen LogP contribution in [0, 0.1) is 17.2 Å². The van der Waals surface area contributed by atoms with Crippen molar-refractivity contribution in [2.24, 2.45) is 5.92 Å². The molecule has 1 saturated carbocycles. The molecule has 2 aliphatic rings. The summed E-state index contributed by atoms with van der Waals surface area (Å²) in [5.74, 6) is 0.527. The molecule has 0 aromatic rings. The molecular weight excluding hydrogens is 238 g/mol.